The lowest BCUT2D eigenvalue weighted by Gasteiger charge is -2.40. The molecule has 0 bridgehead atoms. The van der Waals surface area contributed by atoms with E-state index in [1.807, 2.05) is 20.8 Å². The number of carbonyl (C=O) groups excluding carboxylic acids is 2. The van der Waals surface area contributed by atoms with Crippen LogP contribution in [-0.2, 0) is 33.6 Å². The van der Waals surface area contributed by atoms with Crippen LogP contribution in [0.2, 0.25) is 0 Å². The quantitative estimate of drug-likeness (QED) is 0.148. The Bertz CT molecular complexity index is 1200. The van der Waals surface area contributed by atoms with E-state index >= 15 is 0 Å². The normalized spacial score (nSPS) is 21.5. The molecule has 0 spiro atoms. The number of hydrogen-bond donors (Lipinski definition) is 0. The molecule has 0 N–H and O–H groups in total. The van der Waals surface area contributed by atoms with E-state index in [9.17, 15) is 19.7 Å². The number of para-hydroxylation sites is 1. The van der Waals surface area contributed by atoms with Crippen LogP contribution < -0.4 is 0 Å². The van der Waals surface area contributed by atoms with Gasteiger partial charge in [0.2, 0.25) is 0 Å². The summed E-state index contributed by atoms with van der Waals surface area (Å²) >= 11 is 0. The number of nitrogens with zero attached hydrogens (tertiary/aromatic N) is 2. The van der Waals surface area contributed by atoms with Crippen molar-refractivity contribution in [2.75, 3.05) is 6.54 Å². The maximum absolute atomic E-state index is 13.7. The first-order valence-corrected chi connectivity index (χ1v) is 14.9. The summed E-state index contributed by atoms with van der Waals surface area (Å²) in [6.07, 6.45) is 9.15. The number of hydrogen-bond acceptors (Lipinski definition) is 6. The van der Waals surface area contributed by atoms with Crippen LogP contribution in [0.1, 0.15) is 94.5 Å². The average Bonchev–Trinajstić information content (AvgIpc) is 3.37. The number of ether oxygens (including phenoxy) is 1. The number of nitro groups is 1. The minimum Gasteiger partial charge on any atom is -0.460 e. The predicted molar refractivity (Wildman–Crippen MR) is 156 cm³/mol. The van der Waals surface area contributed by atoms with Crippen molar-refractivity contribution in [1.29, 1.82) is 0 Å². The van der Waals surface area contributed by atoms with Gasteiger partial charge in [-0.15, -0.1) is 0 Å². The molecule has 1 heterocycles. The third-order valence-corrected chi connectivity index (χ3v) is 8.65. The zero-order valence-corrected chi connectivity index (χ0v) is 24.4. The summed E-state index contributed by atoms with van der Waals surface area (Å²) in [4.78, 5) is 39.7. The van der Waals surface area contributed by atoms with Gasteiger partial charge in [0.05, 0.1) is 22.4 Å². The van der Waals surface area contributed by atoms with E-state index in [1.54, 1.807) is 18.2 Å². The van der Waals surface area contributed by atoms with Gasteiger partial charge in [0.15, 0.2) is 0 Å². The van der Waals surface area contributed by atoms with Crippen LogP contribution >= 0.6 is 0 Å². The van der Waals surface area contributed by atoms with E-state index in [0.717, 1.165) is 51.2 Å². The van der Waals surface area contributed by atoms with Crippen LogP contribution in [0.3, 0.4) is 0 Å². The zero-order valence-electron chi connectivity index (χ0n) is 24.4. The number of fused-ring (bicyclic) bond motifs is 1. The Labute approximate surface area is 238 Å². The fraction of sp³-hybridized carbons (Fsp3) is 0.576. The van der Waals surface area contributed by atoms with Gasteiger partial charge in [-0.05, 0) is 101 Å². The number of aldehydes is 1. The lowest BCUT2D eigenvalue weighted by molar-refractivity contribution is -0.385. The number of aryl methyl sites for hydroxylation is 2. The molecule has 2 aromatic carbocycles. The molecule has 1 saturated heterocycles. The first kappa shape index (κ1) is 29.9. The molecule has 2 aliphatic rings. The van der Waals surface area contributed by atoms with E-state index in [1.165, 1.54) is 29.2 Å². The molecule has 4 atom stereocenters. The van der Waals surface area contributed by atoms with Gasteiger partial charge in [-0.1, -0.05) is 49.7 Å². The molecule has 0 saturated carbocycles. The van der Waals surface area contributed by atoms with Crippen molar-refractivity contribution < 1.29 is 19.2 Å². The largest absolute Gasteiger partial charge is 0.460 e. The predicted octanol–water partition coefficient (Wildman–Crippen LogP) is 6.79. The Morgan fingerprint density at radius 3 is 2.55 bits per heavy atom. The smallest absolute Gasteiger partial charge is 0.310 e. The minimum absolute atomic E-state index is 0.0312. The number of nitro benzene ring substituents is 1. The number of likely N-dealkylation sites (tertiary alicyclic amines) is 1. The lowest BCUT2D eigenvalue weighted by atomic mass is 9.79. The van der Waals surface area contributed by atoms with Crippen molar-refractivity contribution in [3.63, 3.8) is 0 Å². The van der Waals surface area contributed by atoms with Crippen molar-refractivity contribution in [3.05, 3.63) is 74.8 Å². The van der Waals surface area contributed by atoms with Gasteiger partial charge in [-0.3, -0.25) is 19.8 Å². The van der Waals surface area contributed by atoms with Crippen LogP contribution in [0.5, 0.6) is 0 Å². The average molecular weight is 549 g/mol. The highest BCUT2D eigenvalue weighted by Crippen LogP contribution is 2.37. The molecular formula is C33H44N2O5. The van der Waals surface area contributed by atoms with Crippen LogP contribution in [-0.4, -0.2) is 40.3 Å². The van der Waals surface area contributed by atoms with Crippen molar-refractivity contribution >= 4 is 17.9 Å². The molecule has 40 heavy (non-hydrogen) atoms. The Morgan fingerprint density at radius 2 is 1.85 bits per heavy atom. The lowest BCUT2D eigenvalue weighted by Crippen LogP contribution is -2.43. The van der Waals surface area contributed by atoms with Crippen molar-refractivity contribution in [2.24, 2.45) is 11.8 Å². The first-order valence-electron chi connectivity index (χ1n) is 14.9. The number of benzene rings is 2. The second-order valence-corrected chi connectivity index (χ2v) is 12.5. The minimum atomic E-state index is -0.706. The molecule has 2 unspecified atom stereocenters. The Hall–Kier alpha value is -3.06. The van der Waals surface area contributed by atoms with Gasteiger partial charge in [-0.25, -0.2) is 0 Å². The monoisotopic (exact) mass is 548 g/mol. The summed E-state index contributed by atoms with van der Waals surface area (Å²) in [5, 5.41) is 11.8. The third-order valence-electron chi connectivity index (χ3n) is 8.65. The molecule has 216 valence electrons. The van der Waals surface area contributed by atoms with E-state index in [0.29, 0.717) is 18.5 Å². The van der Waals surface area contributed by atoms with Crippen LogP contribution in [0.15, 0.2) is 42.5 Å². The highest BCUT2D eigenvalue weighted by Gasteiger charge is 2.37. The summed E-state index contributed by atoms with van der Waals surface area (Å²) in [6.45, 7) is 8.41. The number of rotatable bonds is 9. The van der Waals surface area contributed by atoms with Crippen molar-refractivity contribution in [1.82, 2.24) is 4.90 Å². The van der Waals surface area contributed by atoms with Gasteiger partial charge in [0.25, 0.3) is 5.69 Å². The Balaban J connectivity index is 1.62. The van der Waals surface area contributed by atoms with Gasteiger partial charge in [0, 0.05) is 12.1 Å². The highest BCUT2D eigenvalue weighted by atomic mass is 16.6. The maximum atomic E-state index is 13.7. The third kappa shape index (κ3) is 7.17. The summed E-state index contributed by atoms with van der Waals surface area (Å²) in [5.74, 6) is -0.372. The van der Waals surface area contributed by atoms with Crippen LogP contribution in [0, 0.1) is 22.0 Å². The van der Waals surface area contributed by atoms with Crippen LogP contribution in [0.4, 0.5) is 5.69 Å². The zero-order chi connectivity index (χ0) is 28.9. The molecular weight excluding hydrogens is 504 g/mol. The molecule has 2 aromatic rings. The maximum Gasteiger partial charge on any atom is 0.310 e. The van der Waals surface area contributed by atoms with Crippen molar-refractivity contribution in [2.45, 2.75) is 103 Å². The molecule has 0 amide bonds. The molecule has 0 aromatic heterocycles. The Morgan fingerprint density at radius 1 is 1.10 bits per heavy atom. The Kier molecular flexibility index (Phi) is 9.77. The second-order valence-electron chi connectivity index (χ2n) is 12.5. The summed E-state index contributed by atoms with van der Waals surface area (Å²) in [7, 11) is 0. The molecule has 7 heteroatoms. The van der Waals surface area contributed by atoms with Gasteiger partial charge in [0.1, 0.15) is 11.9 Å². The fourth-order valence-electron chi connectivity index (χ4n) is 6.69. The van der Waals surface area contributed by atoms with Crippen molar-refractivity contribution in [3.8, 4) is 0 Å². The molecule has 7 nitrogen and oxygen atoms in total. The SMILES string of the molecule is CC[C@H]1CCCC([C@@H](Cc2ccc3c(c2)CCC3)C(=O)OC(C)(C)C)CCN1C(C=O)c1ccccc1[N+](=O)[O-]. The van der Waals surface area contributed by atoms with E-state index in [2.05, 4.69) is 30.0 Å². The molecule has 4 rings (SSSR count). The first-order chi connectivity index (χ1) is 19.1. The van der Waals surface area contributed by atoms with Gasteiger partial charge >= 0.3 is 5.97 Å². The summed E-state index contributed by atoms with van der Waals surface area (Å²) in [5.41, 5.74) is 3.81. The molecule has 1 aliphatic heterocycles. The highest BCUT2D eigenvalue weighted by molar-refractivity contribution is 5.73. The fourth-order valence-corrected chi connectivity index (χ4v) is 6.69. The topological polar surface area (TPSA) is 89.8 Å². The number of carbonyl (C=O) groups is 2. The van der Waals surface area contributed by atoms with E-state index in [4.69, 9.17) is 4.74 Å². The van der Waals surface area contributed by atoms with Crippen LogP contribution in [0.25, 0.3) is 0 Å². The second kappa shape index (κ2) is 13.1. The van der Waals surface area contributed by atoms with Gasteiger partial charge in [-0.2, -0.15) is 0 Å². The number of esters is 1. The van der Waals surface area contributed by atoms with E-state index in [-0.39, 0.29) is 29.5 Å². The summed E-state index contributed by atoms with van der Waals surface area (Å²) in [6, 6.07) is 12.6. The molecule has 0 radical (unpaired) electrons. The van der Waals surface area contributed by atoms with E-state index < -0.39 is 16.6 Å². The molecule has 1 fully saturated rings. The summed E-state index contributed by atoms with van der Waals surface area (Å²) < 4.78 is 5.96. The standard InChI is InChI=1S/C33H44N2O5/c1-5-27-13-9-11-25(18-19-34(27)31(22-36)28-14-6-7-15-30(28)35(38)39)29(32(37)40-33(2,3)4)21-23-16-17-24-10-8-12-26(24)20-23/h6-7,14-17,20,22,25,27,29,31H,5,8-13,18-19,21H2,1-4H3/t25?,27-,29+,31?/m0/s1. The van der Waals surface area contributed by atoms with Gasteiger partial charge < -0.3 is 9.53 Å². The molecule has 1 aliphatic carbocycles.